The second-order valence-electron chi connectivity index (χ2n) is 3.94. The van der Waals surface area contributed by atoms with Crippen molar-refractivity contribution in [2.24, 2.45) is 0 Å². The lowest BCUT2D eigenvalue weighted by Crippen LogP contribution is -2.34. The van der Waals surface area contributed by atoms with E-state index < -0.39 is 12.7 Å². The van der Waals surface area contributed by atoms with Crippen LogP contribution in [0.1, 0.15) is 10.4 Å². The van der Waals surface area contributed by atoms with E-state index in [1.165, 1.54) is 26.3 Å². The van der Waals surface area contributed by atoms with Crippen LogP contribution in [0.25, 0.3) is 0 Å². The SMILES string of the molecule is COc1ccc(C(=O)CN(C)CC(F)(F)F)cc1. The van der Waals surface area contributed by atoms with Crippen molar-refractivity contribution < 1.29 is 22.7 Å². The molecule has 1 aromatic carbocycles. The molecule has 0 N–H and O–H groups in total. The Bertz CT molecular complexity index is 401. The number of Topliss-reactive ketones (excluding diaryl/α,β-unsaturated/α-hetero) is 1. The molecule has 1 aromatic rings. The summed E-state index contributed by atoms with van der Waals surface area (Å²) >= 11 is 0. The van der Waals surface area contributed by atoms with Crippen molar-refractivity contribution in [2.45, 2.75) is 6.18 Å². The summed E-state index contributed by atoms with van der Waals surface area (Å²) in [7, 11) is 2.75. The molecule has 0 heterocycles. The fraction of sp³-hybridized carbons (Fsp3) is 0.417. The van der Waals surface area contributed by atoms with E-state index in [2.05, 4.69) is 0 Å². The number of halogens is 3. The molecule has 0 fully saturated rings. The van der Waals surface area contributed by atoms with E-state index in [1.807, 2.05) is 0 Å². The molecular formula is C12H14F3NO2. The normalized spacial score (nSPS) is 11.7. The number of likely N-dealkylation sites (N-methyl/N-ethyl adjacent to an activating group) is 1. The lowest BCUT2D eigenvalue weighted by atomic mass is 10.1. The second-order valence-corrected chi connectivity index (χ2v) is 3.94. The molecule has 18 heavy (non-hydrogen) atoms. The number of hydrogen-bond acceptors (Lipinski definition) is 3. The summed E-state index contributed by atoms with van der Waals surface area (Å²) in [5.74, 6) is 0.236. The quantitative estimate of drug-likeness (QED) is 0.762. The third-order valence-electron chi connectivity index (χ3n) is 2.27. The van der Waals surface area contributed by atoms with E-state index in [9.17, 15) is 18.0 Å². The van der Waals surface area contributed by atoms with Crippen LogP contribution in [-0.4, -0.2) is 44.1 Å². The first-order valence-corrected chi connectivity index (χ1v) is 5.24. The Balaban J connectivity index is 2.59. The van der Waals surface area contributed by atoms with Gasteiger partial charge in [-0.25, -0.2) is 0 Å². The van der Waals surface area contributed by atoms with Gasteiger partial charge in [-0.15, -0.1) is 0 Å². The average molecular weight is 261 g/mol. The van der Waals surface area contributed by atoms with E-state index in [0.29, 0.717) is 11.3 Å². The monoisotopic (exact) mass is 261 g/mol. The lowest BCUT2D eigenvalue weighted by Gasteiger charge is -2.17. The fourth-order valence-corrected chi connectivity index (χ4v) is 1.48. The van der Waals surface area contributed by atoms with Crippen LogP contribution < -0.4 is 4.74 Å². The van der Waals surface area contributed by atoms with Crippen LogP contribution in [-0.2, 0) is 0 Å². The minimum absolute atomic E-state index is 0.272. The van der Waals surface area contributed by atoms with Gasteiger partial charge in [0.1, 0.15) is 5.75 Å². The van der Waals surface area contributed by atoms with Crippen LogP contribution in [0.3, 0.4) is 0 Å². The highest BCUT2D eigenvalue weighted by Crippen LogP contribution is 2.16. The summed E-state index contributed by atoms with van der Waals surface area (Å²) < 4.78 is 41.2. The number of benzene rings is 1. The number of methoxy groups -OCH3 is 1. The van der Waals surface area contributed by atoms with Gasteiger partial charge in [0.15, 0.2) is 5.78 Å². The molecule has 0 bridgehead atoms. The lowest BCUT2D eigenvalue weighted by molar-refractivity contribution is -0.141. The first kappa shape index (κ1) is 14.5. The van der Waals surface area contributed by atoms with Crippen molar-refractivity contribution in [2.75, 3.05) is 27.2 Å². The third-order valence-corrected chi connectivity index (χ3v) is 2.27. The van der Waals surface area contributed by atoms with E-state index in [-0.39, 0.29) is 12.3 Å². The molecule has 1 rings (SSSR count). The molecule has 0 amide bonds. The summed E-state index contributed by atoms with van der Waals surface area (Å²) in [6.45, 7) is -1.37. The van der Waals surface area contributed by atoms with Crippen molar-refractivity contribution in [1.29, 1.82) is 0 Å². The summed E-state index contributed by atoms with van der Waals surface area (Å²) in [5, 5.41) is 0. The van der Waals surface area contributed by atoms with Crippen molar-refractivity contribution in [1.82, 2.24) is 4.90 Å². The number of ether oxygens (including phenoxy) is 1. The van der Waals surface area contributed by atoms with Gasteiger partial charge in [0, 0.05) is 5.56 Å². The van der Waals surface area contributed by atoms with Gasteiger partial charge in [-0.1, -0.05) is 0 Å². The number of nitrogens with zero attached hydrogens (tertiary/aromatic N) is 1. The molecule has 0 spiro atoms. The molecule has 0 atom stereocenters. The highest BCUT2D eigenvalue weighted by atomic mass is 19.4. The van der Waals surface area contributed by atoms with Gasteiger partial charge in [-0.05, 0) is 31.3 Å². The van der Waals surface area contributed by atoms with Crippen molar-refractivity contribution in [3.8, 4) is 5.75 Å². The van der Waals surface area contributed by atoms with Gasteiger partial charge >= 0.3 is 6.18 Å². The largest absolute Gasteiger partial charge is 0.497 e. The predicted octanol–water partition coefficient (Wildman–Crippen LogP) is 2.37. The number of alkyl halides is 3. The number of carbonyl (C=O) groups excluding carboxylic acids is 1. The molecule has 0 saturated heterocycles. The minimum Gasteiger partial charge on any atom is -0.497 e. The Morgan fingerprint density at radius 2 is 1.83 bits per heavy atom. The summed E-state index contributed by atoms with van der Waals surface area (Å²) in [4.78, 5) is 12.6. The van der Waals surface area contributed by atoms with Gasteiger partial charge < -0.3 is 4.74 Å². The maximum Gasteiger partial charge on any atom is 0.401 e. The molecule has 0 saturated carbocycles. The predicted molar refractivity (Wildman–Crippen MR) is 60.9 cm³/mol. The first-order chi connectivity index (χ1) is 8.31. The highest BCUT2D eigenvalue weighted by Gasteiger charge is 2.29. The molecule has 0 aliphatic carbocycles. The first-order valence-electron chi connectivity index (χ1n) is 5.24. The molecule has 0 aliphatic heterocycles. The van der Waals surface area contributed by atoms with Crippen molar-refractivity contribution in [3.63, 3.8) is 0 Å². The standard InChI is InChI=1S/C12H14F3NO2/c1-16(8-12(13,14)15)7-11(17)9-3-5-10(18-2)6-4-9/h3-6H,7-8H2,1-2H3. The Morgan fingerprint density at radius 1 is 1.28 bits per heavy atom. The van der Waals surface area contributed by atoms with Crippen LogP contribution >= 0.6 is 0 Å². The van der Waals surface area contributed by atoms with Crippen molar-refractivity contribution >= 4 is 5.78 Å². The van der Waals surface area contributed by atoms with Crippen LogP contribution in [0, 0.1) is 0 Å². The summed E-state index contributed by atoms with van der Waals surface area (Å²) in [5.41, 5.74) is 0.366. The number of ketones is 1. The van der Waals surface area contributed by atoms with Crippen LogP contribution in [0.4, 0.5) is 13.2 Å². The van der Waals surface area contributed by atoms with Gasteiger partial charge in [0.05, 0.1) is 20.2 Å². The third kappa shape index (κ3) is 4.75. The van der Waals surface area contributed by atoms with Gasteiger partial charge in [-0.2, -0.15) is 13.2 Å². The molecule has 0 unspecified atom stereocenters. The van der Waals surface area contributed by atoms with Crippen LogP contribution in [0.2, 0.25) is 0 Å². The Hall–Kier alpha value is -1.56. The zero-order valence-electron chi connectivity index (χ0n) is 10.1. The zero-order valence-corrected chi connectivity index (χ0v) is 10.1. The molecule has 100 valence electrons. The van der Waals surface area contributed by atoms with E-state index in [4.69, 9.17) is 4.74 Å². The summed E-state index contributed by atoms with van der Waals surface area (Å²) in [6.07, 6.45) is -4.30. The van der Waals surface area contributed by atoms with Crippen molar-refractivity contribution in [3.05, 3.63) is 29.8 Å². The maximum absolute atomic E-state index is 12.1. The smallest absolute Gasteiger partial charge is 0.401 e. The van der Waals surface area contributed by atoms with E-state index in [0.717, 1.165) is 4.90 Å². The maximum atomic E-state index is 12.1. The van der Waals surface area contributed by atoms with E-state index >= 15 is 0 Å². The Labute approximate surface area is 103 Å². The molecule has 0 aromatic heterocycles. The number of hydrogen-bond donors (Lipinski definition) is 0. The topological polar surface area (TPSA) is 29.5 Å². The van der Waals surface area contributed by atoms with Crippen LogP contribution in [0.5, 0.6) is 5.75 Å². The van der Waals surface area contributed by atoms with Gasteiger partial charge in [-0.3, -0.25) is 9.69 Å². The number of rotatable bonds is 5. The molecule has 0 radical (unpaired) electrons. The summed E-state index contributed by atoms with van der Waals surface area (Å²) in [6, 6.07) is 6.25. The highest BCUT2D eigenvalue weighted by molar-refractivity contribution is 5.97. The molecule has 0 aliphatic rings. The zero-order chi connectivity index (χ0) is 13.8. The average Bonchev–Trinajstić information content (AvgIpc) is 2.26. The van der Waals surface area contributed by atoms with Crippen LogP contribution in [0.15, 0.2) is 24.3 Å². The molecular weight excluding hydrogens is 247 g/mol. The fourth-order valence-electron chi connectivity index (χ4n) is 1.48. The van der Waals surface area contributed by atoms with Gasteiger partial charge in [0.25, 0.3) is 0 Å². The van der Waals surface area contributed by atoms with Gasteiger partial charge in [0.2, 0.25) is 0 Å². The molecule has 6 heteroatoms. The Morgan fingerprint density at radius 3 is 2.28 bits per heavy atom. The number of carbonyl (C=O) groups is 1. The molecule has 3 nitrogen and oxygen atoms in total. The Kier molecular flexibility index (Phi) is 4.72. The van der Waals surface area contributed by atoms with E-state index in [1.54, 1.807) is 12.1 Å². The second kappa shape index (κ2) is 5.86. The minimum atomic E-state index is -4.30.